The Morgan fingerprint density at radius 2 is 2.00 bits per heavy atom. The number of esters is 1. The molecule has 8 nitrogen and oxygen atoms in total. The molecule has 3 rings (SSSR count). The third kappa shape index (κ3) is 4.04. The molecule has 1 amide bonds. The second-order valence-corrected chi connectivity index (χ2v) is 5.21. The molecule has 0 fully saturated rings. The minimum atomic E-state index is -0.474. The van der Waals surface area contributed by atoms with Crippen LogP contribution in [0.25, 0.3) is 0 Å². The average Bonchev–Trinajstić information content (AvgIpc) is 3.20. The summed E-state index contributed by atoms with van der Waals surface area (Å²) in [5.41, 5.74) is 1.06. The molecule has 8 heteroatoms. The van der Waals surface area contributed by atoms with Crippen molar-refractivity contribution < 1.29 is 18.7 Å². The van der Waals surface area contributed by atoms with E-state index in [2.05, 4.69) is 20.6 Å². The molecule has 1 aromatic carbocycles. The van der Waals surface area contributed by atoms with Gasteiger partial charge in [0, 0.05) is 6.07 Å². The van der Waals surface area contributed by atoms with Crippen LogP contribution >= 0.6 is 0 Å². The van der Waals surface area contributed by atoms with E-state index in [1.54, 1.807) is 36.4 Å². The number of rotatable bonds is 6. The summed E-state index contributed by atoms with van der Waals surface area (Å²) in [5.74, 6) is 0.170. The van der Waals surface area contributed by atoms with Gasteiger partial charge in [0.25, 0.3) is 5.91 Å². The molecule has 0 saturated carbocycles. The Morgan fingerprint density at radius 1 is 1.15 bits per heavy atom. The van der Waals surface area contributed by atoms with Crippen molar-refractivity contribution in [2.24, 2.45) is 0 Å². The largest absolute Gasteiger partial charge is 0.467 e. The van der Waals surface area contributed by atoms with Crippen molar-refractivity contribution in [3.8, 4) is 0 Å². The van der Waals surface area contributed by atoms with Gasteiger partial charge in [-0.25, -0.2) is 14.8 Å². The molecule has 26 heavy (non-hydrogen) atoms. The number of benzene rings is 1. The lowest BCUT2D eigenvalue weighted by Gasteiger charge is -2.10. The fourth-order valence-corrected chi connectivity index (χ4v) is 2.24. The number of hydrogen-bond acceptors (Lipinski definition) is 7. The molecule has 3 aromatic rings. The number of furan rings is 1. The van der Waals surface area contributed by atoms with Gasteiger partial charge in [0.05, 0.1) is 31.2 Å². The van der Waals surface area contributed by atoms with Crippen LogP contribution in [0.2, 0.25) is 0 Å². The van der Waals surface area contributed by atoms with E-state index in [0.29, 0.717) is 22.8 Å². The Bertz CT molecular complexity index is 909. The van der Waals surface area contributed by atoms with E-state index >= 15 is 0 Å². The molecule has 2 heterocycles. The second kappa shape index (κ2) is 7.93. The summed E-state index contributed by atoms with van der Waals surface area (Å²) in [6.45, 7) is 0.254. The van der Waals surface area contributed by atoms with Gasteiger partial charge in [0.2, 0.25) is 0 Å². The maximum Gasteiger partial charge on any atom is 0.339 e. The zero-order valence-electron chi connectivity index (χ0n) is 13.9. The van der Waals surface area contributed by atoms with Crippen LogP contribution in [-0.4, -0.2) is 29.0 Å². The van der Waals surface area contributed by atoms with Gasteiger partial charge < -0.3 is 19.8 Å². The van der Waals surface area contributed by atoms with E-state index in [4.69, 9.17) is 9.15 Å². The third-order valence-electron chi connectivity index (χ3n) is 3.50. The zero-order chi connectivity index (χ0) is 18.4. The van der Waals surface area contributed by atoms with Gasteiger partial charge >= 0.3 is 5.97 Å². The third-order valence-corrected chi connectivity index (χ3v) is 3.50. The molecule has 0 unspecified atom stereocenters. The molecule has 0 aliphatic heterocycles. The molecular formula is C18H16N4O4. The Balaban J connectivity index is 1.73. The van der Waals surface area contributed by atoms with E-state index in [1.807, 2.05) is 0 Å². The lowest BCUT2D eigenvalue weighted by atomic mass is 10.2. The van der Waals surface area contributed by atoms with E-state index in [9.17, 15) is 9.59 Å². The lowest BCUT2D eigenvalue weighted by Crippen LogP contribution is -2.23. The maximum absolute atomic E-state index is 12.2. The van der Waals surface area contributed by atoms with Crippen molar-refractivity contribution in [1.82, 2.24) is 15.3 Å². The second-order valence-electron chi connectivity index (χ2n) is 5.21. The fourth-order valence-electron chi connectivity index (χ4n) is 2.24. The van der Waals surface area contributed by atoms with Crippen LogP contribution in [0.1, 0.15) is 26.6 Å². The Hall–Kier alpha value is -3.68. The van der Waals surface area contributed by atoms with E-state index in [-0.39, 0.29) is 18.1 Å². The molecule has 132 valence electrons. The van der Waals surface area contributed by atoms with E-state index in [0.717, 1.165) is 0 Å². The van der Waals surface area contributed by atoms with Gasteiger partial charge in [0.15, 0.2) is 0 Å². The fraction of sp³-hybridized carbons (Fsp3) is 0.111. The van der Waals surface area contributed by atoms with Crippen molar-refractivity contribution in [3.63, 3.8) is 0 Å². The summed E-state index contributed by atoms with van der Waals surface area (Å²) in [4.78, 5) is 32.1. The molecule has 2 N–H and O–H groups in total. The number of anilines is 2. The highest BCUT2D eigenvalue weighted by molar-refractivity contribution is 5.96. The standard InChI is InChI=1S/C18H16N4O4/c1-25-18(24)13-6-2-3-7-14(13)22-16-9-15(20-11-21-16)17(23)19-10-12-5-4-8-26-12/h2-9,11H,10H2,1H3,(H,19,23)(H,20,21,22). The Morgan fingerprint density at radius 3 is 2.77 bits per heavy atom. The molecule has 0 aliphatic carbocycles. The van der Waals surface area contributed by atoms with Crippen LogP contribution in [0.4, 0.5) is 11.5 Å². The number of nitrogens with zero attached hydrogens (tertiary/aromatic N) is 2. The summed E-state index contributed by atoms with van der Waals surface area (Å²) >= 11 is 0. The van der Waals surface area contributed by atoms with Crippen molar-refractivity contribution in [2.45, 2.75) is 6.54 Å². The minimum absolute atomic E-state index is 0.185. The van der Waals surface area contributed by atoms with Gasteiger partial charge in [-0.15, -0.1) is 0 Å². The lowest BCUT2D eigenvalue weighted by molar-refractivity contribution is 0.0601. The highest BCUT2D eigenvalue weighted by Crippen LogP contribution is 2.20. The predicted octanol–water partition coefficient (Wildman–Crippen LogP) is 2.53. The van der Waals surface area contributed by atoms with Crippen LogP contribution in [0.5, 0.6) is 0 Å². The van der Waals surface area contributed by atoms with Gasteiger partial charge in [0.1, 0.15) is 23.6 Å². The first-order valence-corrected chi connectivity index (χ1v) is 7.74. The SMILES string of the molecule is COC(=O)c1ccccc1Nc1cc(C(=O)NCc2ccco2)ncn1. The first-order chi connectivity index (χ1) is 12.7. The zero-order valence-corrected chi connectivity index (χ0v) is 13.9. The number of aromatic nitrogens is 2. The van der Waals surface area contributed by atoms with Gasteiger partial charge in [-0.1, -0.05) is 12.1 Å². The molecule has 0 radical (unpaired) electrons. The minimum Gasteiger partial charge on any atom is -0.467 e. The quantitative estimate of drug-likeness (QED) is 0.657. The Labute approximate surface area is 149 Å². The normalized spacial score (nSPS) is 10.2. The van der Waals surface area contributed by atoms with Crippen molar-refractivity contribution in [1.29, 1.82) is 0 Å². The van der Waals surface area contributed by atoms with Crippen molar-refractivity contribution in [2.75, 3.05) is 12.4 Å². The number of carbonyl (C=O) groups is 2. The van der Waals surface area contributed by atoms with E-state index in [1.165, 1.54) is 25.8 Å². The number of amides is 1. The number of carbonyl (C=O) groups excluding carboxylic acids is 2. The van der Waals surface area contributed by atoms with Crippen LogP contribution < -0.4 is 10.6 Å². The molecule has 2 aromatic heterocycles. The molecule has 0 spiro atoms. The van der Waals surface area contributed by atoms with Crippen LogP contribution in [0.15, 0.2) is 59.5 Å². The van der Waals surface area contributed by atoms with Crippen LogP contribution in [-0.2, 0) is 11.3 Å². The highest BCUT2D eigenvalue weighted by atomic mass is 16.5. The Kier molecular flexibility index (Phi) is 5.23. The monoisotopic (exact) mass is 352 g/mol. The van der Waals surface area contributed by atoms with Gasteiger partial charge in [-0.05, 0) is 24.3 Å². The van der Waals surface area contributed by atoms with Crippen molar-refractivity contribution in [3.05, 3.63) is 72.1 Å². The number of hydrogen-bond donors (Lipinski definition) is 2. The number of nitrogens with one attached hydrogen (secondary N) is 2. The van der Waals surface area contributed by atoms with Crippen LogP contribution in [0, 0.1) is 0 Å². The van der Waals surface area contributed by atoms with Crippen molar-refractivity contribution >= 4 is 23.4 Å². The highest BCUT2D eigenvalue weighted by Gasteiger charge is 2.13. The molecule has 0 saturated heterocycles. The number of ether oxygens (including phenoxy) is 1. The van der Waals surface area contributed by atoms with Crippen LogP contribution in [0.3, 0.4) is 0 Å². The predicted molar refractivity (Wildman–Crippen MR) is 93.0 cm³/mol. The van der Waals surface area contributed by atoms with E-state index < -0.39 is 5.97 Å². The molecular weight excluding hydrogens is 336 g/mol. The molecule has 0 aliphatic rings. The summed E-state index contributed by atoms with van der Waals surface area (Å²) in [5, 5.41) is 5.71. The summed E-state index contributed by atoms with van der Waals surface area (Å²) < 4.78 is 9.92. The first-order valence-electron chi connectivity index (χ1n) is 7.74. The van der Waals surface area contributed by atoms with Gasteiger partial charge in [-0.2, -0.15) is 0 Å². The topological polar surface area (TPSA) is 106 Å². The molecule has 0 atom stereocenters. The number of para-hydroxylation sites is 1. The summed E-state index contributed by atoms with van der Waals surface area (Å²) in [6.07, 6.45) is 2.80. The van der Waals surface area contributed by atoms with Gasteiger partial charge in [-0.3, -0.25) is 4.79 Å². The average molecular weight is 352 g/mol. The summed E-state index contributed by atoms with van der Waals surface area (Å²) in [6, 6.07) is 11.8. The summed E-state index contributed by atoms with van der Waals surface area (Å²) in [7, 11) is 1.31. The first kappa shape index (κ1) is 17.2. The molecule has 0 bridgehead atoms. The number of methoxy groups -OCH3 is 1. The smallest absolute Gasteiger partial charge is 0.339 e. The maximum atomic E-state index is 12.2.